The third-order valence-electron chi connectivity index (χ3n) is 5.54. The molecular weight excluding hydrogens is 370 g/mol. The van der Waals surface area contributed by atoms with E-state index >= 15 is 0 Å². The van der Waals surface area contributed by atoms with Gasteiger partial charge in [0.05, 0.1) is 0 Å². The highest BCUT2D eigenvalue weighted by Gasteiger charge is 2.16. The molecule has 0 aliphatic carbocycles. The van der Waals surface area contributed by atoms with Crippen molar-refractivity contribution in [1.82, 2.24) is 4.98 Å². The van der Waals surface area contributed by atoms with Gasteiger partial charge in [-0.15, -0.1) is 0 Å². The number of aromatic nitrogens is 1. The van der Waals surface area contributed by atoms with Crippen LogP contribution in [0.15, 0.2) is 101 Å². The highest BCUT2D eigenvalue weighted by atomic mass is 32.2. The Kier molecular flexibility index (Phi) is 4.57. The maximum Gasteiger partial charge on any atom is 0.0353 e. The summed E-state index contributed by atoms with van der Waals surface area (Å²) in [4.78, 5) is 7.03. The van der Waals surface area contributed by atoms with Gasteiger partial charge in [-0.25, -0.2) is 0 Å². The molecule has 5 aromatic rings. The zero-order chi connectivity index (χ0) is 19.8. The molecule has 0 fully saturated rings. The fourth-order valence-electron chi connectivity index (χ4n) is 3.90. The molecule has 0 amide bonds. The van der Waals surface area contributed by atoms with Crippen molar-refractivity contribution in [3.8, 4) is 11.1 Å². The van der Waals surface area contributed by atoms with Gasteiger partial charge in [-0.1, -0.05) is 72.4 Å². The lowest BCUT2D eigenvalue weighted by Crippen LogP contribution is -1.90. The summed E-state index contributed by atoms with van der Waals surface area (Å²) in [6.07, 6.45) is 3.91. The van der Waals surface area contributed by atoms with Crippen molar-refractivity contribution in [2.45, 2.75) is 23.6 Å². The van der Waals surface area contributed by atoms with Gasteiger partial charge in [0.25, 0.3) is 0 Å². The third-order valence-corrected chi connectivity index (χ3v) is 6.67. The van der Waals surface area contributed by atoms with E-state index in [4.69, 9.17) is 0 Å². The van der Waals surface area contributed by atoms with Crippen molar-refractivity contribution < 1.29 is 0 Å². The van der Waals surface area contributed by atoms with E-state index in [1.807, 2.05) is 24.2 Å². The molecule has 4 aromatic carbocycles. The Labute approximate surface area is 175 Å². The fraction of sp³-hybridized carbons (Fsp3) is 0.0741. The van der Waals surface area contributed by atoms with Crippen LogP contribution in [0.4, 0.5) is 0 Å². The van der Waals surface area contributed by atoms with E-state index < -0.39 is 0 Å². The first kappa shape index (κ1) is 18.0. The number of aryl methyl sites for hydroxylation is 2. The maximum absolute atomic E-state index is 4.47. The van der Waals surface area contributed by atoms with Crippen LogP contribution in [0.5, 0.6) is 0 Å². The minimum atomic E-state index is 1.20. The first-order valence-electron chi connectivity index (χ1n) is 9.81. The summed E-state index contributed by atoms with van der Waals surface area (Å²) in [7, 11) is 0. The number of fused-ring (bicyclic) bond motifs is 2. The molecule has 1 aromatic heterocycles. The van der Waals surface area contributed by atoms with Gasteiger partial charge < -0.3 is 0 Å². The van der Waals surface area contributed by atoms with E-state index in [9.17, 15) is 0 Å². The van der Waals surface area contributed by atoms with Gasteiger partial charge in [0.1, 0.15) is 0 Å². The number of pyridine rings is 1. The summed E-state index contributed by atoms with van der Waals surface area (Å²) >= 11 is 1.85. The Hall–Kier alpha value is -3.10. The van der Waals surface area contributed by atoms with E-state index in [2.05, 4.69) is 97.7 Å². The van der Waals surface area contributed by atoms with Gasteiger partial charge in [-0.2, -0.15) is 0 Å². The average molecular weight is 392 g/mol. The van der Waals surface area contributed by atoms with Crippen LogP contribution >= 0.6 is 11.8 Å². The van der Waals surface area contributed by atoms with Crippen LogP contribution in [0.2, 0.25) is 0 Å². The molecule has 0 atom stereocenters. The van der Waals surface area contributed by atoms with Gasteiger partial charge in [0.15, 0.2) is 0 Å². The molecule has 0 spiro atoms. The molecular formula is C27H21NS. The van der Waals surface area contributed by atoms with Crippen molar-refractivity contribution in [3.05, 3.63) is 102 Å². The second-order valence-corrected chi connectivity index (χ2v) is 8.47. The van der Waals surface area contributed by atoms with E-state index in [-0.39, 0.29) is 0 Å². The number of hydrogen-bond acceptors (Lipinski definition) is 2. The molecule has 1 heterocycles. The second kappa shape index (κ2) is 7.38. The number of rotatable bonds is 3. The monoisotopic (exact) mass is 391 g/mol. The quantitative estimate of drug-likeness (QED) is 0.291. The summed E-state index contributed by atoms with van der Waals surface area (Å²) in [5.41, 5.74) is 5.14. The van der Waals surface area contributed by atoms with Gasteiger partial charge in [0.2, 0.25) is 0 Å². The zero-order valence-electron chi connectivity index (χ0n) is 16.5. The molecule has 29 heavy (non-hydrogen) atoms. The lowest BCUT2D eigenvalue weighted by molar-refractivity contribution is 1.28. The molecule has 0 saturated carbocycles. The SMILES string of the molecule is Cc1ccc(Sc2c3ccccc3c(-c3ccccc3)c3cnccc23)cc1C. The van der Waals surface area contributed by atoms with Gasteiger partial charge >= 0.3 is 0 Å². The smallest absolute Gasteiger partial charge is 0.0353 e. The molecule has 0 N–H and O–H groups in total. The normalized spacial score (nSPS) is 11.2. The van der Waals surface area contributed by atoms with Crippen molar-refractivity contribution in [1.29, 1.82) is 0 Å². The molecule has 0 unspecified atom stereocenters. The van der Waals surface area contributed by atoms with Crippen molar-refractivity contribution >= 4 is 33.3 Å². The highest BCUT2D eigenvalue weighted by Crippen LogP contribution is 2.44. The predicted octanol–water partition coefficient (Wildman–Crippen LogP) is 7.82. The summed E-state index contributed by atoms with van der Waals surface area (Å²) in [5.74, 6) is 0. The zero-order valence-corrected chi connectivity index (χ0v) is 17.3. The van der Waals surface area contributed by atoms with Crippen LogP contribution in [0.3, 0.4) is 0 Å². The Morgan fingerprint density at radius 1 is 0.655 bits per heavy atom. The molecule has 5 rings (SSSR count). The van der Waals surface area contributed by atoms with Gasteiger partial charge in [-0.3, -0.25) is 4.98 Å². The lowest BCUT2D eigenvalue weighted by Gasteiger charge is -2.17. The van der Waals surface area contributed by atoms with Crippen LogP contribution in [0, 0.1) is 13.8 Å². The third kappa shape index (κ3) is 3.20. The Morgan fingerprint density at radius 2 is 1.38 bits per heavy atom. The maximum atomic E-state index is 4.47. The fourth-order valence-corrected chi connectivity index (χ4v) is 5.09. The first-order valence-corrected chi connectivity index (χ1v) is 10.6. The van der Waals surface area contributed by atoms with Gasteiger partial charge in [0, 0.05) is 27.6 Å². The molecule has 0 aliphatic rings. The lowest BCUT2D eigenvalue weighted by atomic mass is 9.93. The molecule has 1 nitrogen and oxygen atoms in total. The Balaban J connectivity index is 1.84. The van der Waals surface area contributed by atoms with E-state index in [1.54, 1.807) is 0 Å². The summed E-state index contributed by atoms with van der Waals surface area (Å²) in [6.45, 7) is 4.34. The Morgan fingerprint density at radius 3 is 2.17 bits per heavy atom. The Bertz CT molecular complexity index is 1280. The molecule has 0 aliphatic heterocycles. The summed E-state index contributed by atoms with van der Waals surface area (Å²) < 4.78 is 0. The molecule has 140 valence electrons. The van der Waals surface area contributed by atoms with Crippen LogP contribution in [0.1, 0.15) is 11.1 Å². The second-order valence-electron chi connectivity index (χ2n) is 7.39. The molecule has 0 radical (unpaired) electrons. The molecule has 0 bridgehead atoms. The van der Waals surface area contributed by atoms with Gasteiger partial charge in [-0.05, 0) is 70.5 Å². The van der Waals surface area contributed by atoms with E-state index in [0.29, 0.717) is 0 Å². The largest absolute Gasteiger partial charge is 0.264 e. The van der Waals surface area contributed by atoms with Crippen molar-refractivity contribution in [2.75, 3.05) is 0 Å². The molecule has 2 heteroatoms. The average Bonchev–Trinajstić information content (AvgIpc) is 2.77. The number of benzene rings is 4. The molecule has 0 saturated heterocycles. The van der Waals surface area contributed by atoms with Crippen LogP contribution in [-0.4, -0.2) is 4.98 Å². The highest BCUT2D eigenvalue weighted by molar-refractivity contribution is 7.99. The van der Waals surface area contributed by atoms with E-state index in [1.165, 1.54) is 53.6 Å². The van der Waals surface area contributed by atoms with Crippen LogP contribution in [-0.2, 0) is 0 Å². The van der Waals surface area contributed by atoms with Crippen molar-refractivity contribution in [2.24, 2.45) is 0 Å². The summed E-state index contributed by atoms with van der Waals surface area (Å²) in [6, 6.07) is 28.2. The standard InChI is InChI=1S/C27H21NS/c1-18-12-13-21(16-19(18)2)29-27-23-11-7-6-10-22(23)26(20-8-4-3-5-9-20)25-17-28-15-14-24(25)27/h3-17H,1-2H3. The topological polar surface area (TPSA) is 12.9 Å². The van der Waals surface area contributed by atoms with Crippen LogP contribution < -0.4 is 0 Å². The minimum absolute atomic E-state index is 1.20. The first-order chi connectivity index (χ1) is 14.2. The number of nitrogens with zero attached hydrogens (tertiary/aromatic N) is 1. The number of hydrogen-bond donors (Lipinski definition) is 0. The summed E-state index contributed by atoms with van der Waals surface area (Å²) in [5, 5.41) is 5.00. The minimum Gasteiger partial charge on any atom is -0.264 e. The van der Waals surface area contributed by atoms with Crippen molar-refractivity contribution in [3.63, 3.8) is 0 Å². The predicted molar refractivity (Wildman–Crippen MR) is 125 cm³/mol. The van der Waals surface area contributed by atoms with Crippen LogP contribution in [0.25, 0.3) is 32.7 Å². The van der Waals surface area contributed by atoms with E-state index in [0.717, 1.165) is 0 Å².